The van der Waals surface area contributed by atoms with Gasteiger partial charge >= 0.3 is 11.9 Å². The number of aryl methyl sites for hydroxylation is 2. The summed E-state index contributed by atoms with van der Waals surface area (Å²) in [6, 6.07) is 12.6. The van der Waals surface area contributed by atoms with Crippen molar-refractivity contribution < 1.29 is 19.1 Å². The molecule has 0 aromatic heterocycles. The van der Waals surface area contributed by atoms with E-state index in [1.54, 1.807) is 24.3 Å². The number of halogens is 2. The van der Waals surface area contributed by atoms with Gasteiger partial charge in [0.05, 0.1) is 5.56 Å². The fourth-order valence-corrected chi connectivity index (χ4v) is 3.18. The zero-order chi connectivity index (χ0) is 18.8. The normalized spacial score (nSPS) is 16.5. The molecule has 1 atom stereocenters. The first-order chi connectivity index (χ1) is 12.4. The van der Waals surface area contributed by atoms with E-state index in [9.17, 15) is 9.59 Å². The Balaban J connectivity index is 1.87. The van der Waals surface area contributed by atoms with Crippen molar-refractivity contribution in [1.29, 1.82) is 0 Å². The van der Waals surface area contributed by atoms with Crippen LogP contribution in [0.25, 0.3) is 0 Å². The minimum absolute atomic E-state index is 0.141. The van der Waals surface area contributed by atoms with Crippen molar-refractivity contribution in [3.8, 4) is 0 Å². The first-order valence-corrected chi connectivity index (χ1v) is 8.95. The molecule has 26 heavy (non-hydrogen) atoms. The lowest BCUT2D eigenvalue weighted by atomic mass is 10.1. The van der Waals surface area contributed by atoms with Gasteiger partial charge < -0.3 is 14.8 Å². The Morgan fingerprint density at radius 1 is 1.15 bits per heavy atom. The van der Waals surface area contributed by atoms with E-state index in [-0.39, 0.29) is 10.7 Å². The van der Waals surface area contributed by atoms with Crippen LogP contribution in [0, 0.1) is 13.8 Å². The number of esters is 2. The molecule has 0 aliphatic carbocycles. The van der Waals surface area contributed by atoms with Gasteiger partial charge in [-0.3, -0.25) is 0 Å². The molecule has 0 fully saturated rings. The lowest BCUT2D eigenvalue weighted by molar-refractivity contribution is -0.152. The highest BCUT2D eigenvalue weighted by molar-refractivity contribution is 9.10. The molecule has 0 saturated heterocycles. The predicted octanol–water partition coefficient (Wildman–Crippen LogP) is 4.67. The fraction of sp³-hybridized carbons (Fsp3) is 0.158. The van der Waals surface area contributed by atoms with E-state index in [0.29, 0.717) is 10.0 Å². The van der Waals surface area contributed by atoms with Gasteiger partial charge in [0.25, 0.3) is 6.29 Å². The van der Waals surface area contributed by atoms with Crippen LogP contribution >= 0.6 is 27.5 Å². The molecule has 0 saturated carbocycles. The largest absolute Gasteiger partial charge is 0.415 e. The number of carbonyl (C=O) groups excluding carboxylic acids is 2. The first-order valence-electron chi connectivity index (χ1n) is 7.78. The van der Waals surface area contributed by atoms with Gasteiger partial charge in [0.1, 0.15) is 5.70 Å². The van der Waals surface area contributed by atoms with Crippen LogP contribution in [0.2, 0.25) is 0 Å². The number of benzene rings is 2. The third-order valence-electron chi connectivity index (χ3n) is 3.91. The molecule has 2 aromatic rings. The Kier molecular flexibility index (Phi) is 5.34. The maximum atomic E-state index is 12.4. The molecule has 0 unspecified atom stereocenters. The second-order valence-electron chi connectivity index (χ2n) is 5.74. The summed E-state index contributed by atoms with van der Waals surface area (Å²) in [4.78, 5) is 24.3. The Labute approximate surface area is 164 Å². The van der Waals surface area contributed by atoms with E-state index in [4.69, 9.17) is 21.1 Å². The van der Waals surface area contributed by atoms with Gasteiger partial charge in [-0.1, -0.05) is 41.9 Å². The number of anilines is 1. The quantitative estimate of drug-likeness (QED) is 0.706. The number of ether oxygens (including phenoxy) is 2. The van der Waals surface area contributed by atoms with Gasteiger partial charge in [-0.2, -0.15) is 0 Å². The van der Waals surface area contributed by atoms with Crippen LogP contribution in [-0.2, 0) is 14.3 Å². The zero-order valence-corrected chi connectivity index (χ0v) is 16.3. The van der Waals surface area contributed by atoms with E-state index in [1.165, 1.54) is 0 Å². The third-order valence-corrected chi connectivity index (χ3v) is 4.96. The maximum absolute atomic E-state index is 12.4. The number of hydrogen-bond acceptors (Lipinski definition) is 5. The summed E-state index contributed by atoms with van der Waals surface area (Å²) < 4.78 is 11.0. The van der Waals surface area contributed by atoms with Gasteiger partial charge in [0.15, 0.2) is 5.03 Å². The van der Waals surface area contributed by atoms with Crippen LogP contribution < -0.4 is 5.32 Å². The molecule has 0 spiro atoms. The lowest BCUT2D eigenvalue weighted by Crippen LogP contribution is -2.24. The number of rotatable bonds is 4. The Hall–Kier alpha value is -2.31. The topological polar surface area (TPSA) is 64.6 Å². The molecular weight excluding hydrogens is 422 g/mol. The molecule has 0 amide bonds. The highest BCUT2D eigenvalue weighted by atomic mass is 79.9. The molecule has 0 bridgehead atoms. The van der Waals surface area contributed by atoms with Crippen LogP contribution in [0.1, 0.15) is 21.5 Å². The Morgan fingerprint density at radius 2 is 1.81 bits per heavy atom. The molecule has 2 aromatic carbocycles. The molecule has 0 radical (unpaired) electrons. The van der Waals surface area contributed by atoms with E-state index >= 15 is 0 Å². The molecule has 1 aliphatic rings. The van der Waals surface area contributed by atoms with Gasteiger partial charge in [0.2, 0.25) is 0 Å². The fourth-order valence-electron chi connectivity index (χ4n) is 2.55. The highest BCUT2D eigenvalue weighted by Gasteiger charge is 2.37. The van der Waals surface area contributed by atoms with Crippen molar-refractivity contribution in [2.45, 2.75) is 20.1 Å². The predicted molar refractivity (Wildman–Crippen MR) is 102 cm³/mol. The first kappa shape index (κ1) is 18.5. The molecular formula is C19H15BrClNO4. The number of nitrogens with one attached hydrogen (secondary N) is 1. The molecule has 134 valence electrons. The van der Waals surface area contributed by atoms with Gasteiger partial charge in [-0.05, 0) is 53.0 Å². The van der Waals surface area contributed by atoms with Crippen LogP contribution in [0.15, 0.2) is 57.7 Å². The van der Waals surface area contributed by atoms with Gasteiger partial charge in [-0.25, -0.2) is 9.59 Å². The van der Waals surface area contributed by atoms with E-state index in [2.05, 4.69) is 21.2 Å². The number of cyclic esters (lactones) is 1. The highest BCUT2D eigenvalue weighted by Crippen LogP contribution is 2.31. The number of carbonyl (C=O) groups is 2. The minimum Gasteiger partial charge on any atom is -0.415 e. The van der Waals surface area contributed by atoms with Crippen molar-refractivity contribution in [1.82, 2.24) is 0 Å². The van der Waals surface area contributed by atoms with Crippen LogP contribution in [0.5, 0.6) is 0 Å². The molecule has 3 rings (SSSR count). The summed E-state index contributed by atoms with van der Waals surface area (Å²) in [7, 11) is 0. The second kappa shape index (κ2) is 7.51. The SMILES string of the molecule is Cc1cccc(C)c1NC1=C(Cl)C(=O)O[C@H]1OC(=O)c1ccccc1Br. The maximum Gasteiger partial charge on any atom is 0.355 e. The van der Waals surface area contributed by atoms with Crippen LogP contribution in [-0.4, -0.2) is 18.2 Å². The zero-order valence-electron chi connectivity index (χ0n) is 14.0. The third kappa shape index (κ3) is 3.61. The van der Waals surface area contributed by atoms with E-state index in [0.717, 1.165) is 16.8 Å². The molecule has 7 heteroatoms. The van der Waals surface area contributed by atoms with E-state index in [1.807, 2.05) is 32.0 Å². The van der Waals surface area contributed by atoms with Crippen LogP contribution in [0.3, 0.4) is 0 Å². The Morgan fingerprint density at radius 3 is 2.46 bits per heavy atom. The van der Waals surface area contributed by atoms with Crippen molar-refractivity contribution in [3.63, 3.8) is 0 Å². The minimum atomic E-state index is -1.24. The summed E-state index contributed by atoms with van der Waals surface area (Å²) in [5.41, 5.74) is 3.21. The van der Waals surface area contributed by atoms with E-state index < -0.39 is 18.2 Å². The second-order valence-corrected chi connectivity index (χ2v) is 6.97. The van der Waals surface area contributed by atoms with Crippen LogP contribution in [0.4, 0.5) is 5.69 Å². The summed E-state index contributed by atoms with van der Waals surface area (Å²) >= 11 is 9.38. The number of hydrogen-bond donors (Lipinski definition) is 1. The molecule has 1 heterocycles. The standard InChI is InChI=1S/C19H15BrClNO4/c1-10-6-5-7-11(2)15(10)22-16-14(21)18(24)26-19(16)25-17(23)12-8-3-4-9-13(12)20/h3-9,19,22H,1-2H3/t19-/m1/s1. The van der Waals surface area contributed by atoms with Crippen molar-refractivity contribution in [3.05, 3.63) is 74.4 Å². The van der Waals surface area contributed by atoms with Crippen molar-refractivity contribution in [2.24, 2.45) is 0 Å². The summed E-state index contributed by atoms with van der Waals surface area (Å²) in [6.07, 6.45) is -1.24. The number of para-hydroxylation sites is 1. The molecule has 1 aliphatic heterocycles. The van der Waals surface area contributed by atoms with Crippen molar-refractivity contribution >= 4 is 45.2 Å². The van der Waals surface area contributed by atoms with Gasteiger partial charge in [-0.15, -0.1) is 0 Å². The average molecular weight is 437 g/mol. The Bertz CT molecular complexity index is 905. The summed E-state index contributed by atoms with van der Waals surface area (Å²) in [6.45, 7) is 3.84. The molecule has 5 nitrogen and oxygen atoms in total. The summed E-state index contributed by atoms with van der Waals surface area (Å²) in [5, 5.41) is 2.95. The van der Waals surface area contributed by atoms with Gasteiger partial charge in [0, 0.05) is 10.2 Å². The average Bonchev–Trinajstić information content (AvgIpc) is 2.85. The lowest BCUT2D eigenvalue weighted by Gasteiger charge is -2.18. The smallest absolute Gasteiger partial charge is 0.355 e. The molecule has 1 N–H and O–H groups in total. The van der Waals surface area contributed by atoms with Crippen molar-refractivity contribution in [2.75, 3.05) is 5.32 Å². The summed E-state index contributed by atoms with van der Waals surface area (Å²) in [5.74, 6) is -1.38. The monoisotopic (exact) mass is 435 g/mol.